The Hall–Kier alpha value is -0.910. The number of nitrogens with zero attached hydrogens (tertiary/aromatic N) is 1. The summed E-state index contributed by atoms with van der Waals surface area (Å²) in [5.41, 5.74) is 1.15. The fraction of sp³-hybridized carbons (Fsp3) is 0.571. The molecule has 1 rings (SSSR count). The molecule has 0 aliphatic heterocycles. The monoisotopic (exact) mass is 284 g/mol. The molecule has 4 nitrogen and oxygen atoms in total. The SMILES string of the molecule is CCNCCc1ccc(S(=O)(=O)N(CC)CC)cc1. The third-order valence-corrected chi connectivity index (χ3v) is 5.17. The Kier molecular flexibility index (Phi) is 6.48. The van der Waals surface area contributed by atoms with Gasteiger partial charge in [-0.15, -0.1) is 0 Å². The maximum absolute atomic E-state index is 12.3. The highest BCUT2D eigenvalue weighted by Crippen LogP contribution is 2.16. The molecule has 0 radical (unpaired) electrons. The number of hydrogen-bond acceptors (Lipinski definition) is 3. The quantitative estimate of drug-likeness (QED) is 0.741. The van der Waals surface area contributed by atoms with Crippen molar-refractivity contribution < 1.29 is 8.42 Å². The lowest BCUT2D eigenvalue weighted by Gasteiger charge is -2.18. The number of likely N-dealkylation sites (N-methyl/N-ethyl adjacent to an activating group) is 1. The summed E-state index contributed by atoms with van der Waals surface area (Å²) in [5.74, 6) is 0. The van der Waals surface area contributed by atoms with E-state index in [1.807, 2.05) is 26.0 Å². The van der Waals surface area contributed by atoms with Crippen LogP contribution in [0.1, 0.15) is 26.3 Å². The van der Waals surface area contributed by atoms with Gasteiger partial charge in [-0.25, -0.2) is 8.42 Å². The number of nitrogens with one attached hydrogen (secondary N) is 1. The first-order valence-electron chi connectivity index (χ1n) is 6.86. The molecule has 1 aromatic carbocycles. The minimum absolute atomic E-state index is 0.378. The lowest BCUT2D eigenvalue weighted by Crippen LogP contribution is -2.30. The molecule has 0 saturated carbocycles. The molecule has 1 N–H and O–H groups in total. The predicted molar refractivity (Wildman–Crippen MR) is 78.8 cm³/mol. The lowest BCUT2D eigenvalue weighted by atomic mass is 10.1. The van der Waals surface area contributed by atoms with Crippen LogP contribution in [0.5, 0.6) is 0 Å². The summed E-state index contributed by atoms with van der Waals surface area (Å²) in [6.07, 6.45) is 0.916. The molecule has 0 spiro atoms. The smallest absolute Gasteiger partial charge is 0.243 e. The second-order valence-electron chi connectivity index (χ2n) is 4.34. The van der Waals surface area contributed by atoms with Crippen LogP contribution in [-0.2, 0) is 16.4 Å². The molecule has 0 fully saturated rings. The second-order valence-corrected chi connectivity index (χ2v) is 6.27. The van der Waals surface area contributed by atoms with Crippen molar-refractivity contribution in [2.24, 2.45) is 0 Å². The maximum Gasteiger partial charge on any atom is 0.243 e. The van der Waals surface area contributed by atoms with Crippen molar-refractivity contribution in [3.05, 3.63) is 29.8 Å². The van der Waals surface area contributed by atoms with Crippen LogP contribution in [0.2, 0.25) is 0 Å². The van der Waals surface area contributed by atoms with Crippen molar-refractivity contribution >= 4 is 10.0 Å². The van der Waals surface area contributed by atoms with Gasteiger partial charge in [0.15, 0.2) is 0 Å². The van der Waals surface area contributed by atoms with Crippen LogP contribution in [0.15, 0.2) is 29.2 Å². The van der Waals surface area contributed by atoms with E-state index in [4.69, 9.17) is 0 Å². The summed E-state index contributed by atoms with van der Waals surface area (Å²) in [4.78, 5) is 0.378. The fourth-order valence-corrected chi connectivity index (χ4v) is 3.41. The van der Waals surface area contributed by atoms with E-state index in [9.17, 15) is 8.42 Å². The van der Waals surface area contributed by atoms with Crippen molar-refractivity contribution in [3.63, 3.8) is 0 Å². The molecule has 1 aromatic rings. The van der Waals surface area contributed by atoms with Gasteiger partial charge in [0.1, 0.15) is 0 Å². The molecular formula is C14H24N2O2S. The van der Waals surface area contributed by atoms with Crippen molar-refractivity contribution in [1.29, 1.82) is 0 Å². The maximum atomic E-state index is 12.3. The Morgan fingerprint density at radius 2 is 1.63 bits per heavy atom. The first-order chi connectivity index (χ1) is 9.06. The van der Waals surface area contributed by atoms with E-state index in [0.29, 0.717) is 18.0 Å². The summed E-state index contributed by atoms with van der Waals surface area (Å²) >= 11 is 0. The van der Waals surface area contributed by atoms with E-state index in [1.54, 1.807) is 12.1 Å². The van der Waals surface area contributed by atoms with Crippen LogP contribution in [-0.4, -0.2) is 38.9 Å². The third-order valence-electron chi connectivity index (χ3n) is 3.11. The minimum atomic E-state index is -3.33. The Balaban J connectivity index is 2.80. The highest BCUT2D eigenvalue weighted by molar-refractivity contribution is 7.89. The van der Waals surface area contributed by atoms with Gasteiger partial charge in [-0.1, -0.05) is 32.9 Å². The summed E-state index contributed by atoms with van der Waals surface area (Å²) in [7, 11) is -3.33. The normalized spacial score (nSPS) is 12.0. The van der Waals surface area contributed by atoms with Crippen LogP contribution in [0.3, 0.4) is 0 Å². The Labute approximate surface area is 116 Å². The highest BCUT2D eigenvalue weighted by Gasteiger charge is 2.20. The zero-order valence-electron chi connectivity index (χ0n) is 12.0. The molecule has 5 heteroatoms. The van der Waals surface area contributed by atoms with Crippen molar-refractivity contribution in [3.8, 4) is 0 Å². The van der Waals surface area contributed by atoms with Gasteiger partial charge in [-0.2, -0.15) is 4.31 Å². The van der Waals surface area contributed by atoms with E-state index in [2.05, 4.69) is 12.2 Å². The van der Waals surface area contributed by atoms with E-state index >= 15 is 0 Å². The molecule has 0 heterocycles. The van der Waals surface area contributed by atoms with Gasteiger partial charge in [-0.3, -0.25) is 0 Å². The first-order valence-corrected chi connectivity index (χ1v) is 8.30. The van der Waals surface area contributed by atoms with Crippen LogP contribution < -0.4 is 5.32 Å². The average molecular weight is 284 g/mol. The van der Waals surface area contributed by atoms with Gasteiger partial charge in [0.05, 0.1) is 4.90 Å². The molecule has 0 aromatic heterocycles. The summed E-state index contributed by atoms with van der Waals surface area (Å²) < 4.78 is 26.0. The summed E-state index contributed by atoms with van der Waals surface area (Å²) in [6, 6.07) is 7.20. The summed E-state index contributed by atoms with van der Waals surface area (Å²) in [6.45, 7) is 8.65. The number of benzene rings is 1. The van der Waals surface area contributed by atoms with E-state index in [0.717, 1.165) is 25.1 Å². The molecule has 0 unspecified atom stereocenters. The van der Waals surface area contributed by atoms with Gasteiger partial charge in [0.2, 0.25) is 10.0 Å². The van der Waals surface area contributed by atoms with E-state index in [-0.39, 0.29) is 0 Å². The molecular weight excluding hydrogens is 260 g/mol. The zero-order chi connectivity index (χ0) is 14.3. The van der Waals surface area contributed by atoms with Crippen LogP contribution >= 0.6 is 0 Å². The number of rotatable bonds is 8. The van der Waals surface area contributed by atoms with Gasteiger partial charge < -0.3 is 5.32 Å². The second kappa shape index (κ2) is 7.62. The van der Waals surface area contributed by atoms with Gasteiger partial charge in [0.25, 0.3) is 0 Å². The molecule has 0 bridgehead atoms. The topological polar surface area (TPSA) is 49.4 Å². The first kappa shape index (κ1) is 16.1. The average Bonchev–Trinajstić information content (AvgIpc) is 2.41. The molecule has 0 aliphatic carbocycles. The standard InChI is InChI=1S/C14H24N2O2S/c1-4-15-12-11-13-7-9-14(10-8-13)19(17,18)16(5-2)6-3/h7-10,15H,4-6,11-12H2,1-3H3. The Bertz CT molecular complexity index is 465. The number of hydrogen-bond donors (Lipinski definition) is 1. The molecule has 0 aliphatic rings. The van der Waals surface area contributed by atoms with Gasteiger partial charge in [0, 0.05) is 13.1 Å². The Morgan fingerprint density at radius 1 is 1.05 bits per heavy atom. The minimum Gasteiger partial charge on any atom is -0.317 e. The van der Waals surface area contributed by atoms with E-state index in [1.165, 1.54) is 4.31 Å². The highest BCUT2D eigenvalue weighted by atomic mass is 32.2. The van der Waals surface area contributed by atoms with Crippen molar-refractivity contribution in [2.45, 2.75) is 32.1 Å². The fourth-order valence-electron chi connectivity index (χ4n) is 1.95. The molecule has 108 valence electrons. The van der Waals surface area contributed by atoms with Gasteiger partial charge in [-0.05, 0) is 37.2 Å². The molecule has 0 amide bonds. The van der Waals surface area contributed by atoms with Gasteiger partial charge >= 0.3 is 0 Å². The largest absolute Gasteiger partial charge is 0.317 e. The third kappa shape index (κ3) is 4.30. The molecule has 0 saturated heterocycles. The molecule has 19 heavy (non-hydrogen) atoms. The lowest BCUT2D eigenvalue weighted by molar-refractivity contribution is 0.445. The zero-order valence-corrected chi connectivity index (χ0v) is 12.8. The molecule has 0 atom stereocenters. The van der Waals surface area contributed by atoms with Crippen LogP contribution in [0, 0.1) is 0 Å². The number of sulfonamides is 1. The summed E-state index contributed by atoms with van der Waals surface area (Å²) in [5, 5.41) is 3.25. The van der Waals surface area contributed by atoms with E-state index < -0.39 is 10.0 Å². The van der Waals surface area contributed by atoms with Crippen LogP contribution in [0.25, 0.3) is 0 Å². The van der Waals surface area contributed by atoms with Crippen molar-refractivity contribution in [1.82, 2.24) is 9.62 Å². The predicted octanol–water partition coefficient (Wildman–Crippen LogP) is 1.87. The Morgan fingerprint density at radius 3 is 2.11 bits per heavy atom. The van der Waals surface area contributed by atoms with Crippen LogP contribution in [0.4, 0.5) is 0 Å². The van der Waals surface area contributed by atoms with Crippen molar-refractivity contribution in [2.75, 3.05) is 26.2 Å².